The summed E-state index contributed by atoms with van der Waals surface area (Å²) in [6, 6.07) is 25.9. The van der Waals surface area contributed by atoms with Gasteiger partial charge in [0.15, 0.2) is 0 Å². The Morgan fingerprint density at radius 1 is 0.600 bits per heavy atom. The van der Waals surface area contributed by atoms with Crippen LogP contribution in [0.25, 0.3) is 0 Å². The van der Waals surface area contributed by atoms with Gasteiger partial charge in [0.2, 0.25) is 11.8 Å². The number of carbonyl (C=O) groups is 4. The Morgan fingerprint density at radius 2 is 1.07 bits per heavy atom. The number of hydrogen-bond donors (Lipinski definition) is 5. The van der Waals surface area contributed by atoms with Crippen LogP contribution < -0.4 is 21.3 Å². The second kappa shape index (κ2) is 17.0. The van der Waals surface area contributed by atoms with E-state index in [0.717, 1.165) is 11.1 Å². The number of nitrogens with zero attached hydrogens (tertiary/aromatic N) is 2. The molecule has 0 saturated carbocycles. The molecule has 0 aliphatic carbocycles. The highest BCUT2D eigenvalue weighted by atomic mass is 16.3. The van der Waals surface area contributed by atoms with Gasteiger partial charge in [0.1, 0.15) is 23.5 Å². The third kappa shape index (κ3) is 10.4. The number of carbonyl (C=O) groups excluding carboxylic acids is 4. The van der Waals surface area contributed by atoms with E-state index in [1.165, 1.54) is 12.4 Å². The van der Waals surface area contributed by atoms with Crippen LogP contribution in [0.5, 0.6) is 0 Å². The molecule has 45 heavy (non-hydrogen) atoms. The number of hydrogen-bond acceptors (Lipinski definition) is 7. The van der Waals surface area contributed by atoms with Crippen LogP contribution in [-0.2, 0) is 22.4 Å². The van der Waals surface area contributed by atoms with Gasteiger partial charge in [-0.25, -0.2) is 0 Å². The minimum atomic E-state index is -0.942. The normalized spacial score (nSPS) is 12.6. The first-order valence-corrected chi connectivity index (χ1v) is 14.6. The van der Waals surface area contributed by atoms with Crippen LogP contribution in [0.3, 0.4) is 0 Å². The summed E-state index contributed by atoms with van der Waals surface area (Å²) < 4.78 is 0. The van der Waals surface area contributed by atoms with Crippen LogP contribution in [0.2, 0.25) is 0 Å². The number of benzene rings is 2. The first-order valence-electron chi connectivity index (χ1n) is 14.6. The van der Waals surface area contributed by atoms with Gasteiger partial charge in [0.05, 0.1) is 12.6 Å². The smallest absolute Gasteiger partial charge is 0.270 e. The number of rotatable bonds is 15. The SMILES string of the molecule is O=C(N[C@@H](Cc1ccccc1)C(=O)NCC[C@@H](CO)NC(=O)[C@H](Cc1ccccc1)NC(=O)c1ccccn1)c1ccccn1. The van der Waals surface area contributed by atoms with Gasteiger partial charge in [0, 0.05) is 31.8 Å². The molecule has 232 valence electrons. The molecule has 4 amide bonds. The third-order valence-electron chi connectivity index (χ3n) is 6.96. The van der Waals surface area contributed by atoms with Gasteiger partial charge in [-0.2, -0.15) is 0 Å². The Labute approximate surface area is 261 Å². The average Bonchev–Trinajstić information content (AvgIpc) is 3.08. The minimum Gasteiger partial charge on any atom is -0.394 e. The van der Waals surface area contributed by atoms with E-state index < -0.39 is 48.4 Å². The number of aliphatic hydroxyl groups is 1. The van der Waals surface area contributed by atoms with Gasteiger partial charge < -0.3 is 26.4 Å². The molecule has 0 fully saturated rings. The first-order chi connectivity index (χ1) is 21.9. The summed E-state index contributed by atoms with van der Waals surface area (Å²) in [6.45, 7) is -0.281. The van der Waals surface area contributed by atoms with Crippen molar-refractivity contribution in [2.75, 3.05) is 13.2 Å². The van der Waals surface area contributed by atoms with Gasteiger partial charge >= 0.3 is 0 Å². The van der Waals surface area contributed by atoms with E-state index in [0.29, 0.717) is 0 Å². The predicted octanol–water partition coefficient (Wildman–Crippen LogP) is 1.84. The van der Waals surface area contributed by atoms with Gasteiger partial charge in [-0.05, 0) is 41.8 Å². The molecule has 11 heteroatoms. The fraction of sp³-hybridized carbons (Fsp3) is 0.235. The van der Waals surface area contributed by atoms with Gasteiger partial charge in [-0.3, -0.25) is 29.1 Å². The zero-order valence-corrected chi connectivity index (χ0v) is 24.6. The summed E-state index contributed by atoms with van der Waals surface area (Å²) in [5, 5.41) is 21.1. The van der Waals surface area contributed by atoms with Crippen molar-refractivity contribution in [1.82, 2.24) is 31.2 Å². The largest absolute Gasteiger partial charge is 0.394 e. The zero-order chi connectivity index (χ0) is 31.9. The lowest BCUT2D eigenvalue weighted by molar-refractivity contribution is -0.124. The van der Waals surface area contributed by atoms with E-state index >= 15 is 0 Å². The number of pyridine rings is 2. The van der Waals surface area contributed by atoms with Gasteiger partial charge in [-0.1, -0.05) is 72.8 Å². The maximum absolute atomic E-state index is 13.4. The second-order valence-corrected chi connectivity index (χ2v) is 10.3. The molecule has 0 aliphatic heterocycles. The molecule has 0 bridgehead atoms. The Kier molecular flexibility index (Phi) is 12.3. The molecule has 0 spiro atoms. The second-order valence-electron chi connectivity index (χ2n) is 10.3. The summed E-state index contributed by atoms with van der Waals surface area (Å²) in [5.74, 6) is -1.89. The van der Waals surface area contributed by atoms with E-state index in [1.807, 2.05) is 60.7 Å². The van der Waals surface area contributed by atoms with Crippen molar-refractivity contribution < 1.29 is 24.3 Å². The van der Waals surface area contributed by atoms with Crippen LogP contribution in [0.1, 0.15) is 38.5 Å². The fourth-order valence-electron chi connectivity index (χ4n) is 4.58. The van der Waals surface area contributed by atoms with Crippen LogP contribution in [0.4, 0.5) is 0 Å². The average molecular weight is 609 g/mol. The highest BCUT2D eigenvalue weighted by molar-refractivity contribution is 5.97. The zero-order valence-electron chi connectivity index (χ0n) is 24.6. The maximum atomic E-state index is 13.4. The van der Waals surface area contributed by atoms with E-state index in [-0.39, 0.29) is 37.2 Å². The van der Waals surface area contributed by atoms with E-state index in [1.54, 1.807) is 36.4 Å². The molecule has 5 N–H and O–H groups in total. The fourth-order valence-corrected chi connectivity index (χ4v) is 4.58. The molecule has 0 unspecified atom stereocenters. The van der Waals surface area contributed by atoms with E-state index in [9.17, 15) is 24.3 Å². The minimum absolute atomic E-state index is 0.110. The first kappa shape index (κ1) is 32.5. The lowest BCUT2D eigenvalue weighted by Crippen LogP contribution is -2.52. The Morgan fingerprint density at radius 3 is 1.51 bits per heavy atom. The quantitative estimate of drug-likeness (QED) is 0.138. The van der Waals surface area contributed by atoms with E-state index in [2.05, 4.69) is 31.2 Å². The number of aromatic nitrogens is 2. The molecule has 4 rings (SSSR count). The summed E-state index contributed by atoms with van der Waals surface area (Å²) in [5.41, 5.74) is 2.05. The van der Waals surface area contributed by atoms with Crippen LogP contribution in [-0.4, -0.2) is 70.0 Å². The maximum Gasteiger partial charge on any atom is 0.270 e. The van der Waals surface area contributed by atoms with Crippen LogP contribution in [0.15, 0.2) is 109 Å². The summed E-state index contributed by atoms with van der Waals surface area (Å²) in [4.78, 5) is 60.3. The third-order valence-corrected chi connectivity index (χ3v) is 6.96. The Balaban J connectivity index is 1.37. The topological polar surface area (TPSA) is 162 Å². The van der Waals surface area contributed by atoms with Crippen LogP contribution >= 0.6 is 0 Å². The molecule has 2 aromatic carbocycles. The highest BCUT2D eigenvalue weighted by Crippen LogP contribution is 2.07. The van der Waals surface area contributed by atoms with Crippen LogP contribution in [0, 0.1) is 0 Å². The number of nitrogens with one attached hydrogen (secondary N) is 4. The molecule has 0 aliphatic rings. The molecule has 11 nitrogen and oxygen atoms in total. The van der Waals surface area contributed by atoms with Crippen molar-refractivity contribution in [3.8, 4) is 0 Å². The van der Waals surface area contributed by atoms with E-state index in [4.69, 9.17) is 0 Å². The molecule has 2 heterocycles. The summed E-state index contributed by atoms with van der Waals surface area (Å²) in [7, 11) is 0. The summed E-state index contributed by atoms with van der Waals surface area (Å²) in [6.07, 6.45) is 3.66. The highest BCUT2D eigenvalue weighted by Gasteiger charge is 2.26. The lowest BCUT2D eigenvalue weighted by Gasteiger charge is -2.23. The lowest BCUT2D eigenvalue weighted by atomic mass is 10.0. The molecule has 0 radical (unpaired) electrons. The number of aliphatic hydroxyl groups excluding tert-OH is 1. The molecular weight excluding hydrogens is 572 g/mol. The van der Waals surface area contributed by atoms with Gasteiger partial charge in [-0.15, -0.1) is 0 Å². The Hall–Kier alpha value is -5.42. The van der Waals surface area contributed by atoms with Crippen molar-refractivity contribution in [3.05, 3.63) is 132 Å². The molecule has 0 saturated heterocycles. The molecule has 2 aromatic heterocycles. The van der Waals surface area contributed by atoms with Crippen molar-refractivity contribution in [1.29, 1.82) is 0 Å². The van der Waals surface area contributed by atoms with Crippen molar-refractivity contribution in [2.24, 2.45) is 0 Å². The molecule has 3 atom stereocenters. The van der Waals surface area contributed by atoms with Crippen molar-refractivity contribution in [2.45, 2.75) is 37.4 Å². The predicted molar refractivity (Wildman–Crippen MR) is 168 cm³/mol. The van der Waals surface area contributed by atoms with Crippen molar-refractivity contribution in [3.63, 3.8) is 0 Å². The standard InChI is InChI=1S/C34H36N6O5/c41-23-26(38-34(45)30(22-25-13-5-2-6-14-25)40-33(44)28-16-8-10-19-36-28)17-20-37-31(42)29(21-24-11-3-1-4-12-24)39-32(43)27-15-7-9-18-35-27/h1-16,18-19,26,29-30,41H,17,20-23H2,(H,37,42)(H,38,45)(H,39,43)(H,40,44)/t26-,29-,30-/m0/s1. The molecule has 4 aromatic rings. The monoisotopic (exact) mass is 608 g/mol. The van der Waals surface area contributed by atoms with Crippen molar-refractivity contribution >= 4 is 23.6 Å². The Bertz CT molecular complexity index is 1520. The number of amides is 4. The molecular formula is C34H36N6O5. The summed E-state index contributed by atoms with van der Waals surface area (Å²) >= 11 is 0. The van der Waals surface area contributed by atoms with Gasteiger partial charge in [0.25, 0.3) is 11.8 Å².